The first-order chi connectivity index (χ1) is 11.1. The van der Waals surface area contributed by atoms with E-state index in [4.69, 9.17) is 5.11 Å². The predicted molar refractivity (Wildman–Crippen MR) is 86.5 cm³/mol. The summed E-state index contributed by atoms with van der Waals surface area (Å²) in [6, 6.07) is 12.6. The van der Waals surface area contributed by atoms with E-state index >= 15 is 0 Å². The molecule has 0 fully saturated rings. The number of benzene rings is 2. The minimum absolute atomic E-state index is 0.0520. The molecule has 0 aromatic heterocycles. The van der Waals surface area contributed by atoms with E-state index < -0.39 is 11.7 Å². The first kappa shape index (κ1) is 16.5. The summed E-state index contributed by atoms with van der Waals surface area (Å²) < 4.78 is 0. The molecule has 0 aliphatic carbocycles. The number of aryl methyl sites for hydroxylation is 1. The number of amides is 1. The Morgan fingerprint density at radius 3 is 2.00 bits per heavy atom. The smallest absolute Gasteiger partial charge is 0.292 e. The highest BCUT2D eigenvalue weighted by atomic mass is 16.3. The van der Waals surface area contributed by atoms with E-state index in [1.165, 1.54) is 24.3 Å². The van der Waals surface area contributed by atoms with Crippen LogP contribution in [0.3, 0.4) is 0 Å². The fraction of sp³-hybridized carbons (Fsp3) is 0.222. The van der Waals surface area contributed by atoms with Crippen molar-refractivity contribution in [2.24, 2.45) is 0 Å². The SMILES string of the molecule is O=C(NCCCCc1ccc(O)cc1)C(=O)c1ccc(O)cc1. The Balaban J connectivity index is 1.69. The van der Waals surface area contributed by atoms with Gasteiger partial charge in [-0.1, -0.05) is 12.1 Å². The van der Waals surface area contributed by atoms with Gasteiger partial charge in [-0.15, -0.1) is 0 Å². The van der Waals surface area contributed by atoms with Crippen LogP contribution in [-0.2, 0) is 11.2 Å². The number of unbranched alkanes of at least 4 members (excludes halogenated alkanes) is 1. The van der Waals surface area contributed by atoms with Crippen LogP contribution in [0.5, 0.6) is 11.5 Å². The van der Waals surface area contributed by atoms with E-state index in [2.05, 4.69) is 5.32 Å². The largest absolute Gasteiger partial charge is 0.508 e. The van der Waals surface area contributed by atoms with Crippen molar-refractivity contribution in [1.82, 2.24) is 5.32 Å². The Morgan fingerprint density at radius 1 is 0.826 bits per heavy atom. The summed E-state index contributed by atoms with van der Waals surface area (Å²) in [5.74, 6) is -0.950. The van der Waals surface area contributed by atoms with E-state index in [0.29, 0.717) is 6.54 Å². The van der Waals surface area contributed by atoms with Gasteiger partial charge in [-0.3, -0.25) is 9.59 Å². The predicted octanol–water partition coefficient (Wildman–Crippen LogP) is 2.42. The standard InChI is InChI=1S/C18H19NO4/c20-15-8-4-13(5-9-15)3-1-2-12-19-18(23)17(22)14-6-10-16(21)11-7-14/h4-11,20-21H,1-3,12H2,(H,19,23). The molecule has 5 heteroatoms. The Kier molecular flexibility index (Phi) is 5.74. The van der Waals surface area contributed by atoms with Gasteiger partial charge in [0.1, 0.15) is 11.5 Å². The highest BCUT2D eigenvalue weighted by molar-refractivity contribution is 6.42. The summed E-state index contributed by atoms with van der Waals surface area (Å²) in [5.41, 5.74) is 1.37. The molecular formula is C18H19NO4. The molecule has 0 aliphatic heterocycles. The van der Waals surface area contributed by atoms with E-state index in [1.54, 1.807) is 12.1 Å². The highest BCUT2D eigenvalue weighted by Crippen LogP contribution is 2.12. The number of carbonyl (C=O) groups is 2. The molecule has 0 heterocycles. The van der Waals surface area contributed by atoms with Gasteiger partial charge >= 0.3 is 0 Å². The first-order valence-electron chi connectivity index (χ1n) is 7.46. The molecule has 2 aromatic rings. The Bertz CT molecular complexity index is 662. The lowest BCUT2D eigenvalue weighted by Gasteiger charge is -2.05. The minimum Gasteiger partial charge on any atom is -0.508 e. The number of nitrogens with one attached hydrogen (secondary N) is 1. The molecule has 0 bridgehead atoms. The van der Waals surface area contributed by atoms with Crippen LogP contribution in [0.2, 0.25) is 0 Å². The van der Waals surface area contributed by atoms with E-state index in [-0.39, 0.29) is 17.1 Å². The molecule has 23 heavy (non-hydrogen) atoms. The van der Waals surface area contributed by atoms with Gasteiger partial charge in [0.15, 0.2) is 0 Å². The number of aromatic hydroxyl groups is 2. The van der Waals surface area contributed by atoms with Crippen molar-refractivity contribution in [3.63, 3.8) is 0 Å². The van der Waals surface area contributed by atoms with Crippen molar-refractivity contribution < 1.29 is 19.8 Å². The second kappa shape index (κ2) is 7.98. The van der Waals surface area contributed by atoms with Gasteiger partial charge in [0, 0.05) is 12.1 Å². The molecule has 0 unspecified atom stereocenters. The molecule has 0 aliphatic rings. The number of hydrogen-bond donors (Lipinski definition) is 3. The maximum absolute atomic E-state index is 11.9. The topological polar surface area (TPSA) is 86.6 Å². The zero-order valence-corrected chi connectivity index (χ0v) is 12.7. The zero-order chi connectivity index (χ0) is 16.7. The lowest BCUT2D eigenvalue weighted by Crippen LogP contribution is -2.31. The number of ketones is 1. The summed E-state index contributed by atoms with van der Waals surface area (Å²) >= 11 is 0. The Morgan fingerprint density at radius 2 is 1.39 bits per heavy atom. The van der Waals surface area contributed by atoms with Crippen molar-refractivity contribution >= 4 is 11.7 Å². The first-order valence-corrected chi connectivity index (χ1v) is 7.46. The zero-order valence-electron chi connectivity index (χ0n) is 12.7. The summed E-state index contributed by atoms with van der Waals surface area (Å²) in [5, 5.41) is 21.0. The van der Waals surface area contributed by atoms with Crippen LogP contribution in [0.1, 0.15) is 28.8 Å². The molecule has 0 radical (unpaired) electrons. The van der Waals surface area contributed by atoms with Gasteiger partial charge < -0.3 is 15.5 Å². The number of Topliss-reactive ketones (excluding diaryl/α,β-unsaturated/α-hetero) is 1. The van der Waals surface area contributed by atoms with Gasteiger partial charge in [-0.25, -0.2) is 0 Å². The monoisotopic (exact) mass is 313 g/mol. The molecule has 1 amide bonds. The maximum atomic E-state index is 11.9. The molecule has 2 rings (SSSR count). The normalized spacial score (nSPS) is 10.3. The Hall–Kier alpha value is -2.82. The molecule has 0 saturated heterocycles. The summed E-state index contributed by atoms with van der Waals surface area (Å²) in [6.45, 7) is 0.431. The molecule has 0 atom stereocenters. The molecule has 2 aromatic carbocycles. The van der Waals surface area contributed by atoms with E-state index in [9.17, 15) is 14.7 Å². The van der Waals surface area contributed by atoms with Gasteiger partial charge in [0.05, 0.1) is 0 Å². The third-order valence-electron chi connectivity index (χ3n) is 3.45. The van der Waals surface area contributed by atoms with Crippen molar-refractivity contribution in [2.75, 3.05) is 6.54 Å². The average molecular weight is 313 g/mol. The average Bonchev–Trinajstić information content (AvgIpc) is 2.56. The third kappa shape index (κ3) is 5.14. The van der Waals surface area contributed by atoms with Crippen LogP contribution in [0.15, 0.2) is 48.5 Å². The van der Waals surface area contributed by atoms with Gasteiger partial charge in [0.2, 0.25) is 5.78 Å². The summed E-state index contributed by atoms with van der Waals surface area (Å²) in [4.78, 5) is 23.6. The van der Waals surface area contributed by atoms with Gasteiger partial charge in [-0.05, 0) is 61.2 Å². The second-order valence-corrected chi connectivity index (χ2v) is 5.26. The molecule has 0 saturated carbocycles. The minimum atomic E-state index is -0.639. The molecule has 5 nitrogen and oxygen atoms in total. The fourth-order valence-electron chi connectivity index (χ4n) is 2.14. The quantitative estimate of drug-likeness (QED) is 0.416. The van der Waals surface area contributed by atoms with Crippen molar-refractivity contribution in [3.8, 4) is 11.5 Å². The maximum Gasteiger partial charge on any atom is 0.292 e. The molecule has 0 spiro atoms. The Labute approximate surface area is 134 Å². The number of phenolic OH excluding ortho intramolecular Hbond substituents is 2. The lowest BCUT2D eigenvalue weighted by molar-refractivity contribution is -0.117. The van der Waals surface area contributed by atoms with Crippen molar-refractivity contribution in [1.29, 1.82) is 0 Å². The number of rotatable bonds is 7. The van der Waals surface area contributed by atoms with E-state index in [1.807, 2.05) is 12.1 Å². The summed E-state index contributed by atoms with van der Waals surface area (Å²) in [7, 11) is 0. The van der Waals surface area contributed by atoms with Crippen molar-refractivity contribution in [3.05, 3.63) is 59.7 Å². The lowest BCUT2D eigenvalue weighted by atomic mass is 10.1. The number of carbonyl (C=O) groups excluding carboxylic acids is 2. The molecular weight excluding hydrogens is 294 g/mol. The molecule has 120 valence electrons. The van der Waals surface area contributed by atoms with E-state index in [0.717, 1.165) is 24.8 Å². The van der Waals surface area contributed by atoms with Crippen LogP contribution in [0, 0.1) is 0 Å². The number of phenols is 2. The van der Waals surface area contributed by atoms with Crippen LogP contribution < -0.4 is 5.32 Å². The third-order valence-corrected chi connectivity index (χ3v) is 3.45. The second-order valence-electron chi connectivity index (χ2n) is 5.26. The van der Waals surface area contributed by atoms with Crippen LogP contribution in [-0.4, -0.2) is 28.4 Å². The summed E-state index contributed by atoms with van der Waals surface area (Å²) in [6.07, 6.45) is 2.48. The fourth-order valence-corrected chi connectivity index (χ4v) is 2.14. The highest BCUT2D eigenvalue weighted by Gasteiger charge is 2.15. The number of hydrogen-bond acceptors (Lipinski definition) is 4. The van der Waals surface area contributed by atoms with Crippen LogP contribution in [0.25, 0.3) is 0 Å². The van der Waals surface area contributed by atoms with Gasteiger partial charge in [-0.2, -0.15) is 0 Å². The van der Waals surface area contributed by atoms with Crippen LogP contribution in [0.4, 0.5) is 0 Å². The van der Waals surface area contributed by atoms with Crippen LogP contribution >= 0.6 is 0 Å². The molecule has 3 N–H and O–H groups in total. The van der Waals surface area contributed by atoms with Crippen molar-refractivity contribution in [2.45, 2.75) is 19.3 Å². The van der Waals surface area contributed by atoms with Gasteiger partial charge in [0.25, 0.3) is 5.91 Å².